The van der Waals surface area contributed by atoms with Crippen LogP contribution in [0.25, 0.3) is 11.4 Å². The van der Waals surface area contributed by atoms with Crippen molar-refractivity contribution < 1.29 is 17.9 Å². The van der Waals surface area contributed by atoms with Gasteiger partial charge in [-0.2, -0.15) is 0 Å². The maximum absolute atomic E-state index is 13.7. The van der Waals surface area contributed by atoms with Gasteiger partial charge in [-0.05, 0) is 36.8 Å². The van der Waals surface area contributed by atoms with Crippen LogP contribution in [0.15, 0.2) is 41.9 Å². The van der Waals surface area contributed by atoms with Gasteiger partial charge in [0.1, 0.15) is 11.6 Å². The summed E-state index contributed by atoms with van der Waals surface area (Å²) >= 11 is 1.35. The molecule has 32 heavy (non-hydrogen) atoms. The molecule has 0 aliphatic carbocycles. The van der Waals surface area contributed by atoms with Crippen molar-refractivity contribution in [3.05, 3.63) is 76.3 Å². The molecule has 0 atom stereocenters. The number of H-pyrrole nitrogens is 1. The van der Waals surface area contributed by atoms with E-state index in [-0.39, 0.29) is 0 Å². The minimum atomic E-state index is -1.48. The van der Waals surface area contributed by atoms with Gasteiger partial charge in [0.05, 0.1) is 18.4 Å². The molecule has 0 saturated heterocycles. The molecule has 4 rings (SSSR count). The third-order valence-electron chi connectivity index (χ3n) is 5.26. The van der Waals surface area contributed by atoms with Crippen molar-refractivity contribution in [3.8, 4) is 17.1 Å². The van der Waals surface area contributed by atoms with Gasteiger partial charge in [0.25, 0.3) is 0 Å². The van der Waals surface area contributed by atoms with Crippen molar-refractivity contribution in [2.24, 2.45) is 0 Å². The number of rotatable bonds is 6. The van der Waals surface area contributed by atoms with E-state index >= 15 is 0 Å². The first-order chi connectivity index (χ1) is 15.2. The number of benzene rings is 2. The van der Waals surface area contributed by atoms with Crippen LogP contribution in [0.3, 0.4) is 0 Å². The molecular weight excluding hydrogens is 437 g/mol. The average Bonchev–Trinajstić information content (AvgIpc) is 3.41. The summed E-state index contributed by atoms with van der Waals surface area (Å²) in [5, 5.41) is 5.63. The summed E-state index contributed by atoms with van der Waals surface area (Å²) in [5.74, 6) is -2.57. The Morgan fingerprint density at radius 2 is 1.81 bits per heavy atom. The smallest absolute Gasteiger partial charge is 0.194 e. The lowest BCUT2D eigenvalue weighted by Crippen LogP contribution is -2.20. The summed E-state index contributed by atoms with van der Waals surface area (Å²) in [4.78, 5) is 12.1. The predicted octanol–water partition coefficient (Wildman–Crippen LogP) is 6.34. The van der Waals surface area contributed by atoms with Gasteiger partial charge in [-0.15, -0.1) is 11.3 Å². The second-order valence-electron chi connectivity index (χ2n) is 7.87. The number of anilines is 2. The molecule has 2 N–H and O–H groups in total. The molecule has 0 unspecified atom stereocenters. The van der Waals surface area contributed by atoms with E-state index < -0.39 is 22.9 Å². The Morgan fingerprint density at radius 3 is 2.44 bits per heavy atom. The van der Waals surface area contributed by atoms with E-state index in [1.165, 1.54) is 11.3 Å². The fraction of sp³-hybridized carbons (Fsp3) is 0.217. The molecule has 0 saturated carbocycles. The van der Waals surface area contributed by atoms with Crippen LogP contribution in [0.4, 0.5) is 24.0 Å². The highest BCUT2D eigenvalue weighted by Crippen LogP contribution is 2.36. The summed E-state index contributed by atoms with van der Waals surface area (Å²) in [6.07, 6.45) is 1.75. The van der Waals surface area contributed by atoms with E-state index in [0.29, 0.717) is 28.0 Å². The summed E-state index contributed by atoms with van der Waals surface area (Å²) in [6, 6.07) is 7.62. The summed E-state index contributed by atoms with van der Waals surface area (Å²) < 4.78 is 46.4. The quantitative estimate of drug-likeness (QED) is 0.331. The Hall–Kier alpha value is -3.33. The molecule has 166 valence electrons. The third-order valence-corrected chi connectivity index (χ3v) is 6.02. The van der Waals surface area contributed by atoms with E-state index in [0.717, 1.165) is 29.1 Å². The molecule has 0 amide bonds. The molecule has 0 spiro atoms. The fourth-order valence-electron chi connectivity index (χ4n) is 3.32. The minimum absolute atomic E-state index is 0.297. The average molecular weight is 459 g/mol. The molecule has 2 heterocycles. The predicted molar refractivity (Wildman–Crippen MR) is 119 cm³/mol. The van der Waals surface area contributed by atoms with E-state index in [4.69, 9.17) is 4.74 Å². The highest BCUT2D eigenvalue weighted by Gasteiger charge is 2.28. The number of thiazole rings is 1. The first-order valence-electron chi connectivity index (χ1n) is 9.77. The molecular formula is C23H21F3N4OS. The monoisotopic (exact) mass is 458 g/mol. The summed E-state index contributed by atoms with van der Waals surface area (Å²) in [6.45, 7) is 5.48. The minimum Gasteiger partial charge on any atom is -0.496 e. The van der Waals surface area contributed by atoms with Gasteiger partial charge in [-0.1, -0.05) is 13.8 Å². The second kappa shape index (κ2) is 8.31. The number of imidazole rings is 1. The maximum Gasteiger partial charge on any atom is 0.194 e. The van der Waals surface area contributed by atoms with Gasteiger partial charge in [0.2, 0.25) is 0 Å². The zero-order valence-electron chi connectivity index (χ0n) is 17.9. The summed E-state index contributed by atoms with van der Waals surface area (Å²) in [5.41, 5.74) is 2.60. The Morgan fingerprint density at radius 1 is 1.09 bits per heavy atom. The van der Waals surface area contributed by atoms with Crippen LogP contribution in [0.5, 0.6) is 5.75 Å². The Bertz CT molecular complexity index is 1260. The lowest BCUT2D eigenvalue weighted by molar-refractivity contribution is 0.416. The number of methoxy groups -OCH3 is 1. The zero-order valence-corrected chi connectivity index (χ0v) is 18.7. The van der Waals surface area contributed by atoms with E-state index in [9.17, 15) is 13.2 Å². The van der Waals surface area contributed by atoms with Gasteiger partial charge >= 0.3 is 0 Å². The maximum atomic E-state index is 13.7. The zero-order chi connectivity index (χ0) is 23.0. The van der Waals surface area contributed by atoms with Crippen molar-refractivity contribution in [1.82, 2.24) is 15.0 Å². The van der Waals surface area contributed by atoms with E-state index in [1.54, 1.807) is 32.5 Å². The SMILES string of the molecule is COc1cc(Nc2nc(C(C)(C)c3cc(F)c(F)c(F)c3)cs2)ccc1-c1ncc(C)[nH]1. The number of hydrogen-bond acceptors (Lipinski definition) is 5. The van der Waals surface area contributed by atoms with Crippen molar-refractivity contribution in [2.45, 2.75) is 26.2 Å². The van der Waals surface area contributed by atoms with Crippen molar-refractivity contribution >= 4 is 22.2 Å². The van der Waals surface area contributed by atoms with Crippen LogP contribution in [0, 0.1) is 24.4 Å². The van der Waals surface area contributed by atoms with Crippen LogP contribution in [0.2, 0.25) is 0 Å². The molecule has 9 heteroatoms. The number of aromatic nitrogens is 3. The van der Waals surface area contributed by atoms with Gasteiger partial charge in [0.15, 0.2) is 22.6 Å². The normalized spacial score (nSPS) is 11.6. The number of nitrogens with one attached hydrogen (secondary N) is 2. The Labute approximate surface area is 187 Å². The van der Waals surface area contributed by atoms with Crippen LogP contribution < -0.4 is 10.1 Å². The van der Waals surface area contributed by atoms with Crippen LogP contribution in [-0.2, 0) is 5.41 Å². The number of aryl methyl sites for hydroxylation is 1. The second-order valence-corrected chi connectivity index (χ2v) is 8.73. The third kappa shape index (κ3) is 4.08. The highest BCUT2D eigenvalue weighted by atomic mass is 32.1. The standard InChI is InChI=1S/C23H21F3N4OS/c1-12-10-27-21(28-12)15-6-5-14(9-18(15)31-4)29-22-30-19(11-32-22)23(2,3)13-7-16(24)20(26)17(25)8-13/h5-11H,1-4H3,(H,27,28)(H,29,30). The van der Waals surface area contributed by atoms with Gasteiger partial charge in [-0.25, -0.2) is 23.1 Å². The molecule has 2 aromatic carbocycles. The number of hydrogen-bond donors (Lipinski definition) is 2. The molecule has 0 aliphatic heterocycles. The lowest BCUT2D eigenvalue weighted by atomic mass is 9.82. The number of nitrogens with zero attached hydrogens (tertiary/aromatic N) is 2. The van der Waals surface area contributed by atoms with E-state index in [2.05, 4.69) is 20.3 Å². The van der Waals surface area contributed by atoms with Gasteiger partial charge in [-0.3, -0.25) is 0 Å². The largest absolute Gasteiger partial charge is 0.496 e. The number of halogens is 3. The molecule has 0 bridgehead atoms. The molecule has 0 fully saturated rings. The van der Waals surface area contributed by atoms with Crippen LogP contribution >= 0.6 is 11.3 Å². The van der Waals surface area contributed by atoms with Gasteiger partial charge < -0.3 is 15.0 Å². The van der Waals surface area contributed by atoms with Crippen molar-refractivity contribution in [1.29, 1.82) is 0 Å². The summed E-state index contributed by atoms with van der Waals surface area (Å²) in [7, 11) is 1.59. The molecule has 2 aromatic heterocycles. The van der Waals surface area contributed by atoms with Crippen molar-refractivity contribution in [2.75, 3.05) is 12.4 Å². The fourth-order valence-corrected chi connectivity index (χ4v) is 4.22. The molecule has 0 aliphatic rings. The van der Waals surface area contributed by atoms with E-state index in [1.807, 2.05) is 25.1 Å². The first kappa shape index (κ1) is 21.9. The molecule has 0 radical (unpaired) electrons. The molecule has 5 nitrogen and oxygen atoms in total. The lowest BCUT2D eigenvalue weighted by Gasteiger charge is -2.23. The Kier molecular flexibility index (Phi) is 5.68. The topological polar surface area (TPSA) is 62.8 Å². The first-order valence-corrected chi connectivity index (χ1v) is 10.6. The van der Waals surface area contributed by atoms with Crippen molar-refractivity contribution in [3.63, 3.8) is 0 Å². The number of aromatic amines is 1. The van der Waals surface area contributed by atoms with Crippen LogP contribution in [0.1, 0.15) is 30.8 Å². The molecule has 4 aromatic rings. The number of ether oxygens (including phenoxy) is 1. The van der Waals surface area contributed by atoms with Crippen LogP contribution in [-0.4, -0.2) is 22.1 Å². The highest BCUT2D eigenvalue weighted by molar-refractivity contribution is 7.13. The Balaban J connectivity index is 1.59. The van der Waals surface area contributed by atoms with Gasteiger partial charge in [0, 0.05) is 34.4 Å².